The molecule has 0 aliphatic heterocycles. The number of aryl methyl sites for hydroxylation is 2. The van der Waals surface area contributed by atoms with Gasteiger partial charge in [-0.05, 0) is 30.2 Å². The van der Waals surface area contributed by atoms with Crippen molar-refractivity contribution in [1.29, 1.82) is 0 Å². The van der Waals surface area contributed by atoms with Gasteiger partial charge in [-0.15, -0.1) is 5.10 Å². The van der Waals surface area contributed by atoms with Crippen molar-refractivity contribution >= 4 is 22.4 Å². The number of rotatable bonds is 5. The summed E-state index contributed by atoms with van der Waals surface area (Å²) >= 11 is 0. The molecule has 2 aromatic carbocycles. The number of nitrogens with zero attached hydrogens (tertiary/aromatic N) is 7. The van der Waals surface area contributed by atoms with Gasteiger partial charge >= 0.3 is 5.69 Å². The van der Waals surface area contributed by atoms with Gasteiger partial charge in [0, 0.05) is 18.7 Å². The van der Waals surface area contributed by atoms with E-state index in [2.05, 4.69) is 20.2 Å². The maximum Gasteiger partial charge on any atom is 0.311 e. The van der Waals surface area contributed by atoms with Crippen LogP contribution >= 0.6 is 0 Å². The fraction of sp³-hybridized carbons (Fsp3) is 0.143. The maximum absolute atomic E-state index is 11.3. The van der Waals surface area contributed by atoms with Gasteiger partial charge in [-0.3, -0.25) is 14.8 Å². The van der Waals surface area contributed by atoms with Crippen molar-refractivity contribution < 1.29 is 9.66 Å². The predicted octanol–water partition coefficient (Wildman–Crippen LogP) is 3.47. The summed E-state index contributed by atoms with van der Waals surface area (Å²) < 4.78 is 9.05. The normalized spacial score (nSPS) is 11.3. The lowest BCUT2D eigenvalue weighted by Gasteiger charge is -2.08. The Balaban J connectivity index is 1.44. The Labute approximate surface area is 175 Å². The molecule has 0 N–H and O–H groups in total. The van der Waals surface area contributed by atoms with E-state index in [1.165, 1.54) is 6.07 Å². The second-order valence-electron chi connectivity index (χ2n) is 7.17. The lowest BCUT2D eigenvalue weighted by atomic mass is 10.1. The van der Waals surface area contributed by atoms with E-state index in [1.807, 2.05) is 31.3 Å². The number of benzene rings is 2. The molecule has 5 rings (SSSR count). The molecule has 0 saturated heterocycles. The van der Waals surface area contributed by atoms with Gasteiger partial charge in [-0.1, -0.05) is 24.3 Å². The highest BCUT2D eigenvalue weighted by molar-refractivity contribution is 5.89. The molecule has 0 fully saturated rings. The number of ether oxygens (including phenoxy) is 1. The van der Waals surface area contributed by atoms with Crippen LogP contribution in [0.15, 0.2) is 55.0 Å². The molecule has 3 aromatic heterocycles. The van der Waals surface area contributed by atoms with Gasteiger partial charge in [0.05, 0.1) is 16.5 Å². The molecule has 0 aliphatic rings. The first kappa shape index (κ1) is 18.7. The summed E-state index contributed by atoms with van der Waals surface area (Å²) in [5.41, 5.74) is 3.80. The number of hydrogen-bond acceptors (Lipinski definition) is 7. The summed E-state index contributed by atoms with van der Waals surface area (Å²) in [5, 5.41) is 20.9. The van der Waals surface area contributed by atoms with Crippen molar-refractivity contribution in [2.45, 2.75) is 13.5 Å². The molecule has 154 valence electrons. The highest BCUT2D eigenvalue weighted by Gasteiger charge is 2.16. The summed E-state index contributed by atoms with van der Waals surface area (Å²) in [7, 11) is 1.82. The van der Waals surface area contributed by atoms with Crippen LogP contribution in [-0.2, 0) is 13.7 Å². The molecule has 0 spiro atoms. The highest BCUT2D eigenvalue weighted by atomic mass is 16.6. The Hall–Kier alpha value is -4.34. The SMILES string of the molecule is Cc1ccc(OCc2cccc(-c3nc4c5cnn(C)c5ncn4n3)c2)c([N+](=O)[O-])c1. The molecule has 0 aliphatic carbocycles. The van der Waals surface area contributed by atoms with Gasteiger partial charge in [0.2, 0.25) is 0 Å². The van der Waals surface area contributed by atoms with Crippen LogP contribution in [0.5, 0.6) is 5.75 Å². The molecule has 31 heavy (non-hydrogen) atoms. The predicted molar refractivity (Wildman–Crippen MR) is 113 cm³/mol. The van der Waals surface area contributed by atoms with Crippen LogP contribution in [0.25, 0.3) is 28.1 Å². The standard InChI is InChI=1S/C21H17N7O3/c1-13-6-7-18(17(8-13)28(29)30)31-11-14-4-3-5-15(9-14)19-24-21-16-10-23-26(2)20(16)22-12-27(21)25-19/h3-10,12H,11H2,1-2H3. The zero-order chi connectivity index (χ0) is 21.5. The van der Waals surface area contributed by atoms with Crippen molar-refractivity contribution in [3.8, 4) is 17.1 Å². The smallest absolute Gasteiger partial charge is 0.311 e. The quantitative estimate of drug-likeness (QED) is 0.319. The summed E-state index contributed by atoms with van der Waals surface area (Å²) in [4.78, 5) is 19.9. The molecular formula is C21H17N7O3. The van der Waals surface area contributed by atoms with Crippen molar-refractivity contribution in [3.63, 3.8) is 0 Å². The number of nitro groups is 1. The summed E-state index contributed by atoms with van der Waals surface area (Å²) in [6.45, 7) is 1.98. The largest absolute Gasteiger partial charge is 0.482 e. The summed E-state index contributed by atoms with van der Waals surface area (Å²) in [6, 6.07) is 12.5. The number of fused-ring (bicyclic) bond motifs is 3. The van der Waals surface area contributed by atoms with Gasteiger partial charge in [0.25, 0.3) is 0 Å². The van der Waals surface area contributed by atoms with E-state index < -0.39 is 4.92 Å². The highest BCUT2D eigenvalue weighted by Crippen LogP contribution is 2.29. The molecular weight excluding hydrogens is 398 g/mol. The van der Waals surface area contributed by atoms with E-state index in [9.17, 15) is 10.1 Å². The first-order valence-corrected chi connectivity index (χ1v) is 9.50. The van der Waals surface area contributed by atoms with Crippen molar-refractivity contribution in [2.75, 3.05) is 0 Å². The maximum atomic E-state index is 11.3. The Kier molecular flexibility index (Phi) is 4.32. The molecule has 0 atom stereocenters. The average Bonchev–Trinajstić information content (AvgIpc) is 3.36. The third-order valence-electron chi connectivity index (χ3n) is 4.96. The van der Waals surface area contributed by atoms with E-state index in [0.717, 1.165) is 27.7 Å². The van der Waals surface area contributed by atoms with E-state index in [4.69, 9.17) is 4.74 Å². The van der Waals surface area contributed by atoms with Gasteiger partial charge < -0.3 is 4.74 Å². The molecule has 0 bridgehead atoms. The molecule has 3 heterocycles. The van der Waals surface area contributed by atoms with E-state index >= 15 is 0 Å². The van der Waals surface area contributed by atoms with E-state index in [-0.39, 0.29) is 18.0 Å². The zero-order valence-electron chi connectivity index (χ0n) is 16.8. The van der Waals surface area contributed by atoms with Crippen molar-refractivity contribution in [3.05, 3.63) is 76.2 Å². The van der Waals surface area contributed by atoms with Crippen molar-refractivity contribution in [1.82, 2.24) is 29.4 Å². The van der Waals surface area contributed by atoms with Gasteiger partial charge in [0.1, 0.15) is 12.9 Å². The van der Waals surface area contributed by atoms with Crippen molar-refractivity contribution in [2.24, 2.45) is 7.05 Å². The van der Waals surface area contributed by atoms with Crippen LogP contribution in [0.3, 0.4) is 0 Å². The van der Waals surface area contributed by atoms with Crippen LogP contribution < -0.4 is 4.74 Å². The minimum atomic E-state index is -0.438. The summed E-state index contributed by atoms with van der Waals surface area (Å²) in [5.74, 6) is 0.776. The first-order chi connectivity index (χ1) is 15.0. The van der Waals surface area contributed by atoms with Crippen LogP contribution in [-0.4, -0.2) is 34.3 Å². The first-order valence-electron chi connectivity index (χ1n) is 9.50. The lowest BCUT2D eigenvalue weighted by Crippen LogP contribution is -2.00. The molecule has 10 heteroatoms. The summed E-state index contributed by atoms with van der Waals surface area (Å²) in [6.07, 6.45) is 3.33. The minimum absolute atomic E-state index is 0.0499. The van der Waals surface area contributed by atoms with E-state index in [0.29, 0.717) is 11.5 Å². The van der Waals surface area contributed by atoms with Crippen LogP contribution in [0.2, 0.25) is 0 Å². The number of nitro benzene ring substituents is 1. The lowest BCUT2D eigenvalue weighted by molar-refractivity contribution is -0.386. The Morgan fingerprint density at radius 1 is 1.16 bits per heavy atom. The second-order valence-corrected chi connectivity index (χ2v) is 7.17. The zero-order valence-corrected chi connectivity index (χ0v) is 16.8. The fourth-order valence-electron chi connectivity index (χ4n) is 3.41. The minimum Gasteiger partial charge on any atom is -0.482 e. The fourth-order valence-corrected chi connectivity index (χ4v) is 3.41. The van der Waals surface area contributed by atoms with Crippen LogP contribution in [0, 0.1) is 17.0 Å². The Morgan fingerprint density at radius 3 is 2.87 bits per heavy atom. The Bertz CT molecular complexity index is 1450. The molecule has 0 amide bonds. The second kappa shape index (κ2) is 7.17. The van der Waals surface area contributed by atoms with Gasteiger partial charge in [-0.2, -0.15) is 5.10 Å². The van der Waals surface area contributed by atoms with Gasteiger partial charge in [-0.25, -0.2) is 14.5 Å². The third-order valence-corrected chi connectivity index (χ3v) is 4.96. The van der Waals surface area contributed by atoms with Gasteiger partial charge in [0.15, 0.2) is 22.9 Å². The molecule has 0 unspecified atom stereocenters. The third kappa shape index (κ3) is 3.33. The molecule has 0 radical (unpaired) electrons. The topological polar surface area (TPSA) is 113 Å². The molecule has 0 saturated carbocycles. The molecule has 10 nitrogen and oxygen atoms in total. The van der Waals surface area contributed by atoms with Crippen LogP contribution in [0.1, 0.15) is 11.1 Å². The van der Waals surface area contributed by atoms with E-state index in [1.54, 1.807) is 40.8 Å². The number of aromatic nitrogens is 6. The molecule has 5 aromatic rings. The van der Waals surface area contributed by atoms with Crippen LogP contribution in [0.4, 0.5) is 5.69 Å². The average molecular weight is 415 g/mol. The Morgan fingerprint density at radius 2 is 2.03 bits per heavy atom. The monoisotopic (exact) mass is 415 g/mol. The number of hydrogen-bond donors (Lipinski definition) is 0.